The van der Waals surface area contributed by atoms with E-state index in [1.54, 1.807) is 28.1 Å². The molecule has 1 aromatic heterocycles. The highest BCUT2D eigenvalue weighted by Gasteiger charge is 2.38. The molecule has 0 bridgehead atoms. The number of fused-ring (bicyclic) bond motifs is 1. The van der Waals surface area contributed by atoms with Crippen LogP contribution >= 0.6 is 0 Å². The van der Waals surface area contributed by atoms with Crippen molar-refractivity contribution in [2.24, 2.45) is 5.92 Å². The van der Waals surface area contributed by atoms with Gasteiger partial charge in [0.2, 0.25) is 11.8 Å². The number of anilines is 1. The monoisotopic (exact) mass is 326 g/mol. The maximum absolute atomic E-state index is 13.0. The standard InChI is InChI=1S/C17H15FN4O2/c18-13-1-3-14(4-2-13)22-8-11(5-16(22)23)17(24)21-7-12-6-19-10-20-15(12)9-21/h1-4,6,10-11H,5,7-9H2. The first kappa shape index (κ1) is 14.7. The number of aromatic nitrogens is 2. The summed E-state index contributed by atoms with van der Waals surface area (Å²) in [6.07, 6.45) is 3.37. The van der Waals surface area contributed by atoms with Crippen molar-refractivity contribution in [2.45, 2.75) is 19.5 Å². The molecule has 1 aromatic carbocycles. The molecule has 2 aliphatic rings. The number of hydrogen-bond donors (Lipinski definition) is 0. The van der Waals surface area contributed by atoms with E-state index in [2.05, 4.69) is 9.97 Å². The number of hydrogen-bond acceptors (Lipinski definition) is 4. The number of carbonyl (C=O) groups excluding carboxylic acids is 2. The summed E-state index contributed by atoms with van der Waals surface area (Å²) < 4.78 is 13.0. The third kappa shape index (κ3) is 2.51. The highest BCUT2D eigenvalue weighted by atomic mass is 19.1. The van der Waals surface area contributed by atoms with Crippen LogP contribution in [0.5, 0.6) is 0 Å². The first-order valence-corrected chi connectivity index (χ1v) is 7.74. The molecule has 7 heteroatoms. The van der Waals surface area contributed by atoms with Crippen LogP contribution in [0.2, 0.25) is 0 Å². The van der Waals surface area contributed by atoms with Crippen molar-refractivity contribution in [1.29, 1.82) is 0 Å². The van der Waals surface area contributed by atoms with Crippen LogP contribution in [0, 0.1) is 11.7 Å². The van der Waals surface area contributed by atoms with E-state index in [1.807, 2.05) is 0 Å². The van der Waals surface area contributed by atoms with Crippen LogP contribution < -0.4 is 4.90 Å². The Labute approximate surface area is 137 Å². The Morgan fingerprint density at radius 2 is 2.00 bits per heavy atom. The minimum atomic E-state index is -0.384. The summed E-state index contributed by atoms with van der Waals surface area (Å²) in [5.74, 6) is -0.902. The molecule has 0 aliphatic carbocycles. The number of benzene rings is 1. The number of nitrogens with zero attached hydrogens (tertiary/aromatic N) is 4. The van der Waals surface area contributed by atoms with Gasteiger partial charge in [0.25, 0.3) is 0 Å². The molecule has 2 amide bonds. The van der Waals surface area contributed by atoms with Gasteiger partial charge in [0.05, 0.1) is 18.2 Å². The molecule has 4 rings (SSSR count). The van der Waals surface area contributed by atoms with Crippen molar-refractivity contribution in [3.8, 4) is 0 Å². The van der Waals surface area contributed by atoms with Gasteiger partial charge in [-0.1, -0.05) is 0 Å². The van der Waals surface area contributed by atoms with Crippen LogP contribution in [0.3, 0.4) is 0 Å². The smallest absolute Gasteiger partial charge is 0.228 e. The third-order valence-corrected chi connectivity index (χ3v) is 4.51. The van der Waals surface area contributed by atoms with Gasteiger partial charge in [0.1, 0.15) is 12.1 Å². The molecule has 1 unspecified atom stereocenters. The molecule has 1 fully saturated rings. The van der Waals surface area contributed by atoms with Crippen LogP contribution in [0.15, 0.2) is 36.8 Å². The zero-order chi connectivity index (χ0) is 16.7. The molecule has 1 saturated heterocycles. The van der Waals surface area contributed by atoms with Crippen molar-refractivity contribution in [3.63, 3.8) is 0 Å². The average molecular weight is 326 g/mol. The number of halogens is 1. The van der Waals surface area contributed by atoms with Gasteiger partial charge in [0, 0.05) is 37.0 Å². The lowest BCUT2D eigenvalue weighted by Crippen LogP contribution is -2.34. The van der Waals surface area contributed by atoms with E-state index >= 15 is 0 Å². The Hall–Kier alpha value is -2.83. The van der Waals surface area contributed by atoms with Crippen molar-refractivity contribution in [2.75, 3.05) is 11.4 Å². The minimum Gasteiger partial charge on any atom is -0.332 e. The van der Waals surface area contributed by atoms with E-state index < -0.39 is 0 Å². The van der Waals surface area contributed by atoms with Gasteiger partial charge >= 0.3 is 0 Å². The maximum atomic E-state index is 13.0. The van der Waals surface area contributed by atoms with Crippen molar-refractivity contribution in [3.05, 3.63) is 53.9 Å². The van der Waals surface area contributed by atoms with Crippen LogP contribution in [-0.2, 0) is 22.7 Å². The fourth-order valence-corrected chi connectivity index (χ4v) is 3.26. The zero-order valence-corrected chi connectivity index (χ0v) is 12.9. The Morgan fingerprint density at radius 3 is 2.75 bits per heavy atom. The molecular weight excluding hydrogens is 311 g/mol. The first-order chi connectivity index (χ1) is 11.6. The van der Waals surface area contributed by atoms with E-state index in [4.69, 9.17) is 0 Å². The van der Waals surface area contributed by atoms with Crippen LogP contribution in [-0.4, -0.2) is 33.2 Å². The molecule has 2 aliphatic heterocycles. The molecule has 0 N–H and O–H groups in total. The Morgan fingerprint density at radius 1 is 1.21 bits per heavy atom. The molecule has 0 saturated carbocycles. The van der Waals surface area contributed by atoms with E-state index in [9.17, 15) is 14.0 Å². The molecule has 0 radical (unpaired) electrons. The van der Waals surface area contributed by atoms with E-state index in [-0.39, 0.29) is 30.0 Å². The first-order valence-electron chi connectivity index (χ1n) is 7.74. The average Bonchev–Trinajstić information content (AvgIpc) is 3.18. The maximum Gasteiger partial charge on any atom is 0.228 e. The SMILES string of the molecule is O=C(C1CC(=O)N(c2ccc(F)cc2)C1)N1Cc2cncnc2C1. The molecule has 6 nitrogen and oxygen atoms in total. The predicted molar refractivity (Wildman–Crippen MR) is 83.1 cm³/mol. The highest BCUT2D eigenvalue weighted by Crippen LogP contribution is 2.29. The molecule has 2 aromatic rings. The largest absolute Gasteiger partial charge is 0.332 e. The molecule has 1 atom stereocenters. The fraction of sp³-hybridized carbons (Fsp3) is 0.294. The Balaban J connectivity index is 1.47. The molecular formula is C17H15FN4O2. The van der Waals surface area contributed by atoms with Gasteiger partial charge in [-0.05, 0) is 24.3 Å². The van der Waals surface area contributed by atoms with Gasteiger partial charge in [0.15, 0.2) is 0 Å². The highest BCUT2D eigenvalue weighted by molar-refractivity contribution is 6.00. The van der Waals surface area contributed by atoms with Gasteiger partial charge in [-0.25, -0.2) is 14.4 Å². The van der Waals surface area contributed by atoms with Crippen molar-refractivity contribution < 1.29 is 14.0 Å². The number of amides is 2. The summed E-state index contributed by atoms with van der Waals surface area (Å²) in [6, 6.07) is 5.74. The van der Waals surface area contributed by atoms with Crippen molar-refractivity contribution in [1.82, 2.24) is 14.9 Å². The zero-order valence-electron chi connectivity index (χ0n) is 12.9. The molecule has 122 valence electrons. The summed E-state index contributed by atoms with van der Waals surface area (Å²) in [4.78, 5) is 36.4. The lowest BCUT2D eigenvalue weighted by atomic mass is 10.1. The van der Waals surface area contributed by atoms with Crippen LogP contribution in [0.25, 0.3) is 0 Å². The third-order valence-electron chi connectivity index (χ3n) is 4.51. The van der Waals surface area contributed by atoms with E-state index in [0.29, 0.717) is 25.3 Å². The van der Waals surface area contributed by atoms with Gasteiger partial charge in [-0.15, -0.1) is 0 Å². The lowest BCUT2D eigenvalue weighted by Gasteiger charge is -2.20. The van der Waals surface area contributed by atoms with Gasteiger partial charge < -0.3 is 9.80 Å². The fourth-order valence-electron chi connectivity index (χ4n) is 3.26. The topological polar surface area (TPSA) is 66.4 Å². The normalized spacial score (nSPS) is 19.7. The predicted octanol–water partition coefficient (Wildman–Crippen LogP) is 1.51. The van der Waals surface area contributed by atoms with E-state index in [1.165, 1.54) is 18.5 Å². The summed E-state index contributed by atoms with van der Waals surface area (Å²) in [5.41, 5.74) is 2.43. The molecule has 24 heavy (non-hydrogen) atoms. The minimum absolute atomic E-state index is 0.0500. The van der Waals surface area contributed by atoms with E-state index in [0.717, 1.165) is 11.3 Å². The van der Waals surface area contributed by atoms with Crippen LogP contribution in [0.1, 0.15) is 17.7 Å². The van der Waals surface area contributed by atoms with Gasteiger partial charge in [-0.2, -0.15) is 0 Å². The summed E-state index contributed by atoms with van der Waals surface area (Å²) in [5, 5.41) is 0. The lowest BCUT2D eigenvalue weighted by molar-refractivity contribution is -0.136. The summed E-state index contributed by atoms with van der Waals surface area (Å²) in [6.45, 7) is 1.26. The number of carbonyl (C=O) groups is 2. The quantitative estimate of drug-likeness (QED) is 0.839. The van der Waals surface area contributed by atoms with Crippen LogP contribution in [0.4, 0.5) is 10.1 Å². The molecule has 3 heterocycles. The second kappa shape index (κ2) is 5.67. The summed E-state index contributed by atoms with van der Waals surface area (Å²) >= 11 is 0. The second-order valence-electron chi connectivity index (χ2n) is 6.07. The molecule has 0 spiro atoms. The van der Waals surface area contributed by atoms with Crippen molar-refractivity contribution >= 4 is 17.5 Å². The Kier molecular flexibility index (Phi) is 3.48. The number of rotatable bonds is 2. The summed E-state index contributed by atoms with van der Waals surface area (Å²) in [7, 11) is 0. The Bertz CT molecular complexity index is 783. The van der Waals surface area contributed by atoms with Gasteiger partial charge in [-0.3, -0.25) is 9.59 Å². The second-order valence-corrected chi connectivity index (χ2v) is 6.07.